The second-order valence-electron chi connectivity index (χ2n) is 11.9. The van der Waals surface area contributed by atoms with Gasteiger partial charge in [-0.15, -0.1) is 0 Å². The van der Waals surface area contributed by atoms with Crippen LogP contribution < -0.4 is 5.73 Å². The van der Waals surface area contributed by atoms with Gasteiger partial charge in [-0.05, 0) is 12.8 Å². The minimum absolute atomic E-state index is 0.178. The number of hydrogen-bond acceptors (Lipinski definition) is 19. The second-order valence-corrected chi connectivity index (χ2v) is 11.9. The maximum absolute atomic E-state index is 12.7. The molecular formula is C26H44N2O19. The number of carboxylic acid groups (broad SMARTS) is 1. The van der Waals surface area contributed by atoms with Gasteiger partial charge >= 0.3 is 5.97 Å². The molecule has 0 aliphatic carbocycles. The highest BCUT2D eigenvalue weighted by molar-refractivity contribution is 5.87. The Hall–Kier alpha value is -1.74. The first kappa shape index (κ1) is 38.1. The van der Waals surface area contributed by atoms with Gasteiger partial charge in [-0.2, -0.15) is 0 Å². The molecule has 17 atom stereocenters. The summed E-state index contributed by atoms with van der Waals surface area (Å²) in [4.78, 5) is 25.2. The lowest BCUT2D eigenvalue weighted by Gasteiger charge is -2.44. The normalized spacial score (nSPS) is 45.1. The van der Waals surface area contributed by atoms with Crippen molar-refractivity contribution in [3.05, 3.63) is 0 Å². The number of nitrogens with zero attached hydrogens (tertiary/aromatic N) is 1. The fourth-order valence-electron chi connectivity index (χ4n) is 5.74. The van der Waals surface area contributed by atoms with E-state index < -0.39 is 143 Å². The lowest BCUT2D eigenvalue weighted by atomic mass is 9.98. The number of nitrogens with two attached hydrogens (primary N) is 1. The van der Waals surface area contributed by atoms with Crippen LogP contribution in [-0.2, 0) is 38.0 Å². The molecular weight excluding hydrogens is 644 g/mol. The molecule has 0 aromatic carbocycles. The van der Waals surface area contributed by atoms with E-state index in [1.165, 1.54) is 0 Å². The summed E-state index contributed by atoms with van der Waals surface area (Å²) >= 11 is 0. The van der Waals surface area contributed by atoms with Gasteiger partial charge in [0.2, 0.25) is 5.91 Å². The Bertz CT molecular complexity index is 1040. The number of carboxylic acids is 1. The van der Waals surface area contributed by atoms with Crippen molar-refractivity contribution in [2.45, 2.75) is 117 Å². The average molecular weight is 689 g/mol. The van der Waals surface area contributed by atoms with E-state index in [0.717, 1.165) is 4.90 Å². The van der Waals surface area contributed by atoms with Gasteiger partial charge in [0.15, 0.2) is 18.9 Å². The van der Waals surface area contributed by atoms with Crippen molar-refractivity contribution in [1.29, 1.82) is 0 Å². The molecule has 0 saturated carbocycles. The topological polar surface area (TPSA) is 341 Å². The summed E-state index contributed by atoms with van der Waals surface area (Å²) in [6.45, 7) is -2.39. The van der Waals surface area contributed by atoms with Crippen LogP contribution in [0.4, 0.5) is 0 Å². The first-order valence-corrected chi connectivity index (χ1v) is 15.0. The molecule has 47 heavy (non-hydrogen) atoms. The van der Waals surface area contributed by atoms with Crippen LogP contribution in [-0.4, -0.2) is 210 Å². The number of ether oxygens (including phenoxy) is 6. The largest absolute Gasteiger partial charge is 0.480 e. The van der Waals surface area contributed by atoms with E-state index in [1.54, 1.807) is 0 Å². The Labute approximate surface area is 267 Å². The summed E-state index contributed by atoms with van der Waals surface area (Å²) in [6.07, 6.45) is -24.5. The Morgan fingerprint density at radius 3 is 1.55 bits per heavy atom. The smallest absolute Gasteiger partial charge is 0.326 e. The van der Waals surface area contributed by atoms with E-state index in [4.69, 9.17) is 34.2 Å². The molecule has 21 heteroatoms. The number of aliphatic hydroxyl groups excluding tert-OH is 10. The summed E-state index contributed by atoms with van der Waals surface area (Å²) in [6, 6.07) is -2.40. The fourth-order valence-corrected chi connectivity index (χ4v) is 5.74. The molecule has 4 aliphatic rings. The molecule has 0 aromatic rings. The van der Waals surface area contributed by atoms with E-state index in [-0.39, 0.29) is 13.0 Å². The fraction of sp³-hybridized carbons (Fsp3) is 0.923. The van der Waals surface area contributed by atoms with Gasteiger partial charge in [-0.1, -0.05) is 0 Å². The van der Waals surface area contributed by atoms with Crippen molar-refractivity contribution in [2.75, 3.05) is 33.0 Å². The number of carbonyl (C=O) groups is 2. The van der Waals surface area contributed by atoms with Crippen LogP contribution in [0.1, 0.15) is 12.8 Å². The lowest BCUT2D eigenvalue weighted by Crippen LogP contribution is -2.63. The van der Waals surface area contributed by atoms with Gasteiger partial charge in [0.05, 0.1) is 26.4 Å². The van der Waals surface area contributed by atoms with Crippen molar-refractivity contribution >= 4 is 11.9 Å². The van der Waals surface area contributed by atoms with Gasteiger partial charge in [0.25, 0.3) is 0 Å². The molecule has 21 nitrogen and oxygen atoms in total. The second kappa shape index (κ2) is 16.3. The number of carbonyl (C=O) groups excluding carboxylic acids is 1. The Morgan fingerprint density at radius 1 is 0.681 bits per heavy atom. The number of rotatable bonds is 12. The highest BCUT2D eigenvalue weighted by Gasteiger charge is 2.49. The van der Waals surface area contributed by atoms with E-state index in [1.807, 2.05) is 0 Å². The third kappa shape index (κ3) is 8.36. The van der Waals surface area contributed by atoms with Crippen LogP contribution >= 0.6 is 0 Å². The van der Waals surface area contributed by atoms with Gasteiger partial charge < -0.3 is 95.2 Å². The minimum atomic E-state index is -1.87. The van der Waals surface area contributed by atoms with E-state index >= 15 is 0 Å². The predicted octanol–water partition coefficient (Wildman–Crippen LogP) is -8.15. The highest BCUT2D eigenvalue weighted by atomic mass is 16.7. The number of hydrogen-bond donors (Lipinski definition) is 12. The van der Waals surface area contributed by atoms with Crippen LogP contribution in [0.15, 0.2) is 0 Å². The molecule has 1 amide bonds. The van der Waals surface area contributed by atoms with Gasteiger partial charge in [-0.3, -0.25) is 4.79 Å². The molecule has 4 saturated heterocycles. The van der Waals surface area contributed by atoms with Crippen molar-refractivity contribution in [1.82, 2.24) is 4.90 Å². The molecule has 0 radical (unpaired) electrons. The van der Waals surface area contributed by atoms with Crippen LogP contribution in [0.3, 0.4) is 0 Å². The molecule has 0 aromatic heterocycles. The van der Waals surface area contributed by atoms with Gasteiger partial charge in [-0.25, -0.2) is 4.79 Å². The van der Waals surface area contributed by atoms with E-state index in [9.17, 15) is 65.8 Å². The first-order valence-electron chi connectivity index (χ1n) is 15.0. The van der Waals surface area contributed by atoms with Crippen LogP contribution in [0.2, 0.25) is 0 Å². The third-order valence-electron chi connectivity index (χ3n) is 8.61. The molecule has 4 rings (SSSR count). The molecule has 4 heterocycles. The predicted molar refractivity (Wildman–Crippen MR) is 145 cm³/mol. The molecule has 13 N–H and O–H groups in total. The summed E-state index contributed by atoms with van der Waals surface area (Å²) in [5.41, 5.74) is 5.90. The Balaban J connectivity index is 1.32. The van der Waals surface area contributed by atoms with Crippen molar-refractivity contribution in [3.63, 3.8) is 0 Å². The Kier molecular flexibility index (Phi) is 13.2. The Morgan fingerprint density at radius 2 is 1.11 bits per heavy atom. The zero-order valence-corrected chi connectivity index (χ0v) is 25.0. The van der Waals surface area contributed by atoms with Gasteiger partial charge in [0.1, 0.15) is 85.3 Å². The van der Waals surface area contributed by atoms with Crippen molar-refractivity contribution in [2.24, 2.45) is 5.73 Å². The molecule has 272 valence electrons. The van der Waals surface area contributed by atoms with E-state index in [0.29, 0.717) is 6.42 Å². The summed E-state index contributed by atoms with van der Waals surface area (Å²) in [5.74, 6) is -1.90. The zero-order chi connectivity index (χ0) is 34.7. The van der Waals surface area contributed by atoms with Crippen LogP contribution in [0.25, 0.3) is 0 Å². The maximum Gasteiger partial charge on any atom is 0.326 e. The molecule has 0 spiro atoms. The summed E-state index contributed by atoms with van der Waals surface area (Å²) in [7, 11) is 0. The van der Waals surface area contributed by atoms with Crippen LogP contribution in [0, 0.1) is 0 Å². The minimum Gasteiger partial charge on any atom is -0.480 e. The van der Waals surface area contributed by atoms with Crippen molar-refractivity contribution in [3.8, 4) is 0 Å². The molecule has 4 aliphatic heterocycles. The quantitative estimate of drug-likeness (QED) is 0.0905. The van der Waals surface area contributed by atoms with Crippen LogP contribution in [0.5, 0.6) is 0 Å². The summed E-state index contributed by atoms with van der Waals surface area (Å²) < 4.78 is 32.5. The average Bonchev–Trinajstić information content (AvgIpc) is 3.55. The lowest BCUT2D eigenvalue weighted by molar-refractivity contribution is -0.342. The molecule has 0 bridgehead atoms. The molecule has 4 fully saturated rings. The number of aliphatic carboxylic acids is 1. The summed E-state index contributed by atoms with van der Waals surface area (Å²) in [5, 5.41) is 111. The highest BCUT2D eigenvalue weighted by Crippen LogP contribution is 2.28. The van der Waals surface area contributed by atoms with E-state index in [2.05, 4.69) is 0 Å². The SMILES string of the molecule is N[C@@H](CO[C@H]1O[C@H](CO[C@H]2O[C@H](CO[C@@H]3O[C@H](CO)[C@@H](O)[C@H](O)[C@H]3O)[C@@H](O)[C@H](O)[C@@H]2O)[C@@H](O)[C@H](O)[C@@H]1O)C(=O)N1CCC[C@H]1C(=O)O. The standard InChI is InChI=1S/C26H44N2O19/c27-8(22(39)28-3-1-2-9(28)23(40)41)5-42-24-20(37)17(34)14(31)11(46-24)7-44-26-21(38)18(35)15(32)12(47-26)6-43-25-19(36)16(33)13(30)10(4-29)45-25/h8-21,24-26,29-38H,1-7,27H2,(H,40,41)/t8-,9-,10+,11+,12+,13+,14+,15+,16-,17-,18-,19+,20-,21-,24-,25+,26-/m0/s1. The third-order valence-corrected chi connectivity index (χ3v) is 8.61. The first-order chi connectivity index (χ1) is 22.2. The van der Waals surface area contributed by atoms with Crippen molar-refractivity contribution < 1.29 is 94.2 Å². The number of likely N-dealkylation sites (tertiary alicyclic amines) is 1. The number of amides is 1. The van der Waals surface area contributed by atoms with Gasteiger partial charge in [0, 0.05) is 6.54 Å². The molecule has 0 unspecified atom stereocenters. The zero-order valence-electron chi connectivity index (χ0n) is 25.0. The maximum atomic E-state index is 12.7. The monoisotopic (exact) mass is 688 g/mol. The number of aliphatic hydroxyl groups is 10.